The fourth-order valence-corrected chi connectivity index (χ4v) is 5.92. The molecule has 1 aliphatic carbocycles. The van der Waals surface area contributed by atoms with E-state index < -0.39 is 0 Å². The number of fused-ring (bicyclic) bond motifs is 1. The first-order valence-corrected chi connectivity index (χ1v) is 13.4. The Kier molecular flexibility index (Phi) is 7.33. The number of amides is 1. The summed E-state index contributed by atoms with van der Waals surface area (Å²) in [7, 11) is 0. The average Bonchev–Trinajstić information content (AvgIpc) is 3.58. The van der Waals surface area contributed by atoms with Gasteiger partial charge in [-0.15, -0.1) is 0 Å². The Bertz CT molecular complexity index is 1150. The van der Waals surface area contributed by atoms with Crippen molar-refractivity contribution in [2.24, 2.45) is 5.92 Å². The van der Waals surface area contributed by atoms with Crippen molar-refractivity contribution >= 4 is 22.5 Å². The van der Waals surface area contributed by atoms with Gasteiger partial charge in [-0.05, 0) is 49.1 Å². The molecule has 1 saturated heterocycles. The molecule has 5 heteroatoms. The highest BCUT2D eigenvalue weighted by Crippen LogP contribution is 2.25. The molecule has 1 aliphatic heterocycles. The molecule has 3 aromatic rings. The Morgan fingerprint density at radius 3 is 2.46 bits per heavy atom. The smallest absolute Gasteiger partial charge is 0.253 e. The van der Waals surface area contributed by atoms with E-state index in [4.69, 9.17) is 5.41 Å². The summed E-state index contributed by atoms with van der Waals surface area (Å²) in [6, 6.07) is 19.3. The molecule has 2 fully saturated rings. The molecular weight excluding hydrogens is 432 g/mol. The van der Waals surface area contributed by atoms with E-state index in [0.29, 0.717) is 6.42 Å². The fraction of sp³-hybridized carbons (Fsp3) is 0.467. The van der Waals surface area contributed by atoms with Crippen LogP contribution in [0.2, 0.25) is 0 Å². The molecule has 2 aromatic carbocycles. The Labute approximate surface area is 209 Å². The highest BCUT2D eigenvalue weighted by molar-refractivity contribution is 5.98. The lowest BCUT2D eigenvalue weighted by atomic mass is 9.94. The maximum Gasteiger partial charge on any atom is 0.253 e. The summed E-state index contributed by atoms with van der Waals surface area (Å²) < 4.78 is 2.25. The van der Waals surface area contributed by atoms with Crippen LogP contribution in [-0.2, 0) is 13.0 Å². The number of hydrogen-bond donors (Lipinski definition) is 1. The molecule has 0 radical (unpaired) electrons. The lowest BCUT2D eigenvalue weighted by Gasteiger charge is -2.38. The van der Waals surface area contributed by atoms with Crippen LogP contribution in [-0.4, -0.2) is 58.2 Å². The monoisotopic (exact) mass is 470 g/mol. The summed E-state index contributed by atoms with van der Waals surface area (Å²) in [5, 5.41) is 9.80. The summed E-state index contributed by atoms with van der Waals surface area (Å²) in [6.45, 7) is 6.62. The van der Waals surface area contributed by atoms with Gasteiger partial charge < -0.3 is 14.9 Å². The molecule has 1 atom stereocenters. The lowest BCUT2D eigenvalue weighted by Crippen LogP contribution is -2.51. The third-order valence-electron chi connectivity index (χ3n) is 8.10. The predicted octanol–water partition coefficient (Wildman–Crippen LogP) is 5.63. The molecule has 1 aromatic heterocycles. The van der Waals surface area contributed by atoms with Crippen molar-refractivity contribution in [1.29, 1.82) is 5.41 Å². The van der Waals surface area contributed by atoms with Crippen LogP contribution >= 0.6 is 0 Å². The van der Waals surface area contributed by atoms with Gasteiger partial charge in [-0.25, -0.2) is 0 Å². The minimum atomic E-state index is 0.154. The normalized spacial score (nSPS) is 18.3. The summed E-state index contributed by atoms with van der Waals surface area (Å²) in [5.41, 5.74) is 3.90. The van der Waals surface area contributed by atoms with E-state index in [-0.39, 0.29) is 11.8 Å². The number of aromatic nitrogens is 1. The van der Waals surface area contributed by atoms with Crippen molar-refractivity contribution in [3.63, 3.8) is 0 Å². The van der Waals surface area contributed by atoms with Crippen LogP contribution in [0.4, 0.5) is 0 Å². The number of nitrogens with zero attached hydrogens (tertiary/aromatic N) is 3. The Hall–Kier alpha value is -2.92. The Morgan fingerprint density at radius 2 is 1.74 bits per heavy atom. The first-order chi connectivity index (χ1) is 17.1. The molecule has 1 saturated carbocycles. The van der Waals surface area contributed by atoms with Gasteiger partial charge in [-0.1, -0.05) is 50.1 Å². The van der Waals surface area contributed by atoms with E-state index in [2.05, 4.69) is 46.9 Å². The van der Waals surface area contributed by atoms with Crippen LogP contribution < -0.4 is 0 Å². The summed E-state index contributed by atoms with van der Waals surface area (Å²) in [6.07, 6.45) is 9.11. The lowest BCUT2D eigenvalue weighted by molar-refractivity contribution is 0.0573. The molecule has 0 bridgehead atoms. The second kappa shape index (κ2) is 10.8. The highest BCUT2D eigenvalue weighted by atomic mass is 16.2. The van der Waals surface area contributed by atoms with Crippen molar-refractivity contribution in [1.82, 2.24) is 14.4 Å². The van der Waals surface area contributed by atoms with Crippen LogP contribution in [0.1, 0.15) is 54.9 Å². The van der Waals surface area contributed by atoms with E-state index in [1.165, 1.54) is 31.2 Å². The zero-order valence-electron chi connectivity index (χ0n) is 21.0. The standard InChI is InChI=1S/C30H38N4O/c1-2-24(28(31)20-23-8-4-3-5-9-23)22-34-15-14-25-21-26(12-13-29(25)34)30(35)33-18-16-32(17-19-33)27-10-6-7-11-27/h3-5,8-9,12-15,21,24,27,31H,2,6-7,10-11,16-20,22H2,1H3/t24-/m0/s1. The van der Waals surface area contributed by atoms with Crippen molar-refractivity contribution in [3.05, 3.63) is 71.9 Å². The van der Waals surface area contributed by atoms with Crippen LogP contribution in [0.25, 0.3) is 10.9 Å². The molecule has 1 N–H and O–H groups in total. The number of piperazine rings is 1. The number of carbonyl (C=O) groups excluding carboxylic acids is 1. The van der Waals surface area contributed by atoms with Gasteiger partial charge in [0, 0.05) is 79.5 Å². The molecule has 5 rings (SSSR count). The van der Waals surface area contributed by atoms with Gasteiger partial charge in [0.2, 0.25) is 0 Å². The molecule has 5 nitrogen and oxygen atoms in total. The van der Waals surface area contributed by atoms with Crippen molar-refractivity contribution in [2.75, 3.05) is 26.2 Å². The van der Waals surface area contributed by atoms with Crippen molar-refractivity contribution in [2.45, 2.75) is 58.0 Å². The predicted molar refractivity (Wildman–Crippen MR) is 143 cm³/mol. The minimum absolute atomic E-state index is 0.154. The SMILES string of the molecule is CC[C@@H](Cn1ccc2cc(C(=O)N3CCN(C4CCCC4)CC3)ccc21)C(=N)Cc1ccccc1. The molecule has 0 unspecified atom stereocenters. The number of rotatable bonds is 8. The van der Waals surface area contributed by atoms with Gasteiger partial charge in [-0.2, -0.15) is 0 Å². The number of nitrogens with one attached hydrogen (secondary N) is 1. The second-order valence-corrected chi connectivity index (χ2v) is 10.3. The van der Waals surface area contributed by atoms with E-state index >= 15 is 0 Å². The number of carbonyl (C=O) groups is 1. The van der Waals surface area contributed by atoms with E-state index in [9.17, 15) is 4.79 Å². The van der Waals surface area contributed by atoms with Gasteiger partial charge >= 0.3 is 0 Å². The summed E-state index contributed by atoms with van der Waals surface area (Å²) >= 11 is 0. The Balaban J connectivity index is 1.23. The van der Waals surface area contributed by atoms with Crippen LogP contribution in [0.3, 0.4) is 0 Å². The summed E-state index contributed by atoms with van der Waals surface area (Å²) in [4.78, 5) is 17.9. The second-order valence-electron chi connectivity index (χ2n) is 10.3. The molecule has 35 heavy (non-hydrogen) atoms. The maximum absolute atomic E-state index is 13.2. The van der Waals surface area contributed by atoms with Crippen molar-refractivity contribution in [3.8, 4) is 0 Å². The van der Waals surface area contributed by atoms with Crippen LogP contribution in [0.5, 0.6) is 0 Å². The molecule has 184 valence electrons. The van der Waals surface area contributed by atoms with Gasteiger partial charge in [0.15, 0.2) is 0 Å². The molecule has 1 amide bonds. The van der Waals surface area contributed by atoms with Crippen LogP contribution in [0.15, 0.2) is 60.8 Å². The number of hydrogen-bond acceptors (Lipinski definition) is 3. The maximum atomic E-state index is 13.2. The molecule has 0 spiro atoms. The van der Waals surface area contributed by atoms with Crippen LogP contribution in [0, 0.1) is 11.3 Å². The largest absolute Gasteiger partial charge is 0.347 e. The number of benzene rings is 2. The highest BCUT2D eigenvalue weighted by Gasteiger charge is 2.28. The topological polar surface area (TPSA) is 52.3 Å². The first-order valence-electron chi connectivity index (χ1n) is 13.4. The van der Waals surface area contributed by atoms with Gasteiger partial charge in [0.25, 0.3) is 5.91 Å². The molecule has 2 aliphatic rings. The molecule has 2 heterocycles. The quantitative estimate of drug-likeness (QED) is 0.434. The minimum Gasteiger partial charge on any atom is -0.347 e. The van der Waals surface area contributed by atoms with Gasteiger partial charge in [0.05, 0.1) is 0 Å². The van der Waals surface area contributed by atoms with E-state index in [1.807, 2.05) is 35.2 Å². The zero-order chi connectivity index (χ0) is 24.2. The summed E-state index contributed by atoms with van der Waals surface area (Å²) in [5.74, 6) is 0.352. The third-order valence-corrected chi connectivity index (χ3v) is 8.10. The van der Waals surface area contributed by atoms with E-state index in [0.717, 1.165) is 67.4 Å². The Morgan fingerprint density at radius 1 is 1.00 bits per heavy atom. The first kappa shape index (κ1) is 23.8. The molecular formula is C30H38N4O. The average molecular weight is 471 g/mol. The fourth-order valence-electron chi connectivity index (χ4n) is 5.92. The van der Waals surface area contributed by atoms with Gasteiger partial charge in [-0.3, -0.25) is 9.69 Å². The van der Waals surface area contributed by atoms with Crippen molar-refractivity contribution < 1.29 is 4.79 Å². The zero-order valence-corrected chi connectivity index (χ0v) is 21.0. The van der Waals surface area contributed by atoms with Gasteiger partial charge in [0.1, 0.15) is 0 Å². The third kappa shape index (κ3) is 5.35. The van der Waals surface area contributed by atoms with E-state index in [1.54, 1.807) is 0 Å².